The molecule has 1 aromatic carbocycles. The first-order valence-electron chi connectivity index (χ1n) is 8.51. The molecule has 0 aliphatic carbocycles. The van der Waals surface area contributed by atoms with E-state index >= 15 is 0 Å². The van der Waals surface area contributed by atoms with Crippen LogP contribution in [0.1, 0.15) is 45.1 Å². The van der Waals surface area contributed by atoms with Crippen molar-refractivity contribution in [2.45, 2.75) is 46.1 Å². The molecule has 1 rings (SSSR count). The van der Waals surface area contributed by atoms with E-state index in [-0.39, 0.29) is 0 Å². The average molecular weight is 388 g/mol. The third-order valence-electron chi connectivity index (χ3n) is 3.42. The fourth-order valence-electron chi connectivity index (χ4n) is 2.13. The molecule has 132 valence electrons. The molecular weight excluding hydrogens is 358 g/mol. The van der Waals surface area contributed by atoms with Gasteiger partial charge in [-0.25, -0.2) is 0 Å². The fraction of sp³-hybridized carbons (Fsp3) is 0.667. The summed E-state index contributed by atoms with van der Waals surface area (Å²) in [5.74, 6) is 1.61. The summed E-state index contributed by atoms with van der Waals surface area (Å²) in [6.07, 6.45) is 4.30. The van der Waals surface area contributed by atoms with E-state index in [1.807, 2.05) is 12.1 Å². The van der Waals surface area contributed by atoms with Crippen LogP contribution in [-0.4, -0.2) is 33.5 Å². The minimum absolute atomic E-state index is 0.686. The Morgan fingerprint density at radius 1 is 1.04 bits per heavy atom. The van der Waals surface area contributed by atoms with E-state index < -0.39 is 0 Å². The molecule has 0 atom stereocenters. The van der Waals surface area contributed by atoms with E-state index in [1.54, 1.807) is 7.11 Å². The van der Waals surface area contributed by atoms with E-state index in [2.05, 4.69) is 35.1 Å². The lowest BCUT2D eigenvalue weighted by Gasteiger charge is -2.17. The van der Waals surface area contributed by atoms with Gasteiger partial charge in [-0.3, -0.25) is 0 Å². The molecule has 0 saturated carbocycles. The first-order valence-corrected chi connectivity index (χ1v) is 9.30. The van der Waals surface area contributed by atoms with E-state index in [1.165, 1.54) is 6.42 Å². The number of hydrogen-bond acceptors (Lipinski definition) is 4. The normalized spacial score (nSPS) is 10.8. The Balaban J connectivity index is 2.48. The van der Waals surface area contributed by atoms with Crippen LogP contribution in [0.5, 0.6) is 11.5 Å². The number of unbranched alkanes of at least 4 members (excludes halogenated alkanes) is 1. The largest absolute Gasteiger partial charge is 0.493 e. The summed E-state index contributed by atoms with van der Waals surface area (Å²) in [6.45, 7) is 8.30. The standard InChI is InChI=1S/C18H30BrNO3/c1-4-6-12-22-13-7-10-20-14-15-16(19)8-9-17(21-3)18(15)23-11-5-2/h8-9,20H,4-7,10-14H2,1-3H3. The molecule has 0 spiro atoms. The van der Waals surface area contributed by atoms with Gasteiger partial charge in [0.1, 0.15) is 0 Å². The number of ether oxygens (including phenoxy) is 3. The van der Waals surface area contributed by atoms with Crippen molar-refractivity contribution in [3.63, 3.8) is 0 Å². The molecule has 5 heteroatoms. The van der Waals surface area contributed by atoms with Crippen molar-refractivity contribution < 1.29 is 14.2 Å². The summed E-state index contributed by atoms with van der Waals surface area (Å²) in [6, 6.07) is 3.93. The predicted octanol–water partition coefficient (Wildman–Crippen LogP) is 4.54. The zero-order chi connectivity index (χ0) is 16.9. The Hall–Kier alpha value is -0.780. The van der Waals surface area contributed by atoms with E-state index in [0.29, 0.717) is 6.61 Å². The highest BCUT2D eigenvalue weighted by molar-refractivity contribution is 9.10. The minimum Gasteiger partial charge on any atom is -0.493 e. The summed E-state index contributed by atoms with van der Waals surface area (Å²) in [5.41, 5.74) is 1.10. The van der Waals surface area contributed by atoms with Gasteiger partial charge in [0.15, 0.2) is 11.5 Å². The highest BCUT2D eigenvalue weighted by Crippen LogP contribution is 2.36. The minimum atomic E-state index is 0.686. The molecule has 0 aliphatic rings. The monoisotopic (exact) mass is 387 g/mol. The van der Waals surface area contributed by atoms with Crippen molar-refractivity contribution in [2.75, 3.05) is 33.5 Å². The number of benzene rings is 1. The smallest absolute Gasteiger partial charge is 0.166 e. The molecule has 0 heterocycles. The van der Waals surface area contributed by atoms with E-state index in [4.69, 9.17) is 14.2 Å². The maximum absolute atomic E-state index is 5.89. The maximum Gasteiger partial charge on any atom is 0.166 e. The third-order valence-corrected chi connectivity index (χ3v) is 4.17. The molecule has 1 aromatic rings. The second kappa shape index (κ2) is 12.6. The summed E-state index contributed by atoms with van der Waals surface area (Å²) in [5, 5.41) is 3.46. The number of hydrogen-bond donors (Lipinski definition) is 1. The number of halogens is 1. The van der Waals surface area contributed by atoms with Crippen molar-refractivity contribution in [3.05, 3.63) is 22.2 Å². The van der Waals surface area contributed by atoms with Crippen molar-refractivity contribution in [3.8, 4) is 11.5 Å². The number of rotatable bonds is 13. The van der Waals surface area contributed by atoms with Crippen LogP contribution in [0.15, 0.2) is 16.6 Å². The average Bonchev–Trinajstić information content (AvgIpc) is 2.56. The molecular formula is C18H30BrNO3. The Morgan fingerprint density at radius 3 is 2.52 bits per heavy atom. The van der Waals surface area contributed by atoms with Crippen LogP contribution < -0.4 is 14.8 Å². The lowest BCUT2D eigenvalue weighted by molar-refractivity contribution is 0.128. The second-order valence-corrected chi connectivity index (χ2v) is 6.26. The molecule has 0 fully saturated rings. The Labute approximate surface area is 149 Å². The molecule has 0 bridgehead atoms. The summed E-state index contributed by atoms with van der Waals surface area (Å²) < 4.78 is 17.9. The highest BCUT2D eigenvalue weighted by Gasteiger charge is 2.14. The van der Waals surface area contributed by atoms with Crippen LogP contribution >= 0.6 is 15.9 Å². The van der Waals surface area contributed by atoms with Gasteiger partial charge in [-0.15, -0.1) is 0 Å². The maximum atomic E-state index is 5.89. The SMILES string of the molecule is CCCCOCCCNCc1c(Br)ccc(OC)c1OCCC. The molecule has 4 nitrogen and oxygen atoms in total. The Kier molecular flexibility index (Phi) is 11.1. The fourth-order valence-corrected chi connectivity index (χ4v) is 2.58. The number of nitrogens with one attached hydrogen (secondary N) is 1. The molecule has 0 aliphatic heterocycles. The Morgan fingerprint density at radius 2 is 1.83 bits per heavy atom. The van der Waals surface area contributed by atoms with Crippen LogP contribution in [0.25, 0.3) is 0 Å². The molecule has 1 N–H and O–H groups in total. The van der Waals surface area contributed by atoms with Crippen LogP contribution in [0.2, 0.25) is 0 Å². The van der Waals surface area contributed by atoms with Crippen molar-refractivity contribution in [1.82, 2.24) is 5.32 Å². The molecule has 0 saturated heterocycles. The second-order valence-electron chi connectivity index (χ2n) is 5.40. The van der Waals surface area contributed by atoms with Gasteiger partial charge in [0.2, 0.25) is 0 Å². The van der Waals surface area contributed by atoms with Gasteiger partial charge in [-0.2, -0.15) is 0 Å². The summed E-state index contributed by atoms with van der Waals surface area (Å²) in [7, 11) is 1.67. The van der Waals surface area contributed by atoms with Gasteiger partial charge in [0.25, 0.3) is 0 Å². The zero-order valence-corrected chi connectivity index (χ0v) is 16.2. The molecule has 23 heavy (non-hydrogen) atoms. The topological polar surface area (TPSA) is 39.7 Å². The molecule has 0 amide bonds. The van der Waals surface area contributed by atoms with Crippen LogP contribution in [-0.2, 0) is 11.3 Å². The van der Waals surface area contributed by atoms with Crippen molar-refractivity contribution in [2.24, 2.45) is 0 Å². The van der Waals surface area contributed by atoms with Gasteiger partial charge in [-0.1, -0.05) is 36.2 Å². The van der Waals surface area contributed by atoms with Crippen molar-refractivity contribution >= 4 is 15.9 Å². The summed E-state index contributed by atoms with van der Waals surface area (Å²) in [4.78, 5) is 0. The van der Waals surface area contributed by atoms with Crippen molar-refractivity contribution in [1.29, 1.82) is 0 Å². The van der Waals surface area contributed by atoms with Gasteiger partial charge in [0.05, 0.1) is 13.7 Å². The molecule has 0 aromatic heterocycles. The van der Waals surface area contributed by atoms with Gasteiger partial charge < -0.3 is 19.5 Å². The van der Waals surface area contributed by atoms with Gasteiger partial charge in [0, 0.05) is 29.8 Å². The quantitative estimate of drug-likeness (QED) is 0.504. The van der Waals surface area contributed by atoms with Crippen LogP contribution in [0, 0.1) is 0 Å². The van der Waals surface area contributed by atoms with Crippen LogP contribution in [0.3, 0.4) is 0 Å². The number of methoxy groups -OCH3 is 1. The van der Waals surface area contributed by atoms with Gasteiger partial charge in [-0.05, 0) is 37.9 Å². The zero-order valence-electron chi connectivity index (χ0n) is 14.6. The van der Waals surface area contributed by atoms with Crippen LogP contribution in [0.4, 0.5) is 0 Å². The lowest BCUT2D eigenvalue weighted by Crippen LogP contribution is -2.18. The predicted molar refractivity (Wildman–Crippen MR) is 98.5 cm³/mol. The first kappa shape index (κ1) is 20.3. The van der Waals surface area contributed by atoms with E-state index in [9.17, 15) is 0 Å². The molecule has 0 radical (unpaired) electrons. The van der Waals surface area contributed by atoms with Gasteiger partial charge >= 0.3 is 0 Å². The first-order chi connectivity index (χ1) is 11.2. The summed E-state index contributed by atoms with van der Waals surface area (Å²) >= 11 is 3.61. The molecule has 0 unspecified atom stereocenters. The Bertz CT molecular complexity index is 441. The lowest BCUT2D eigenvalue weighted by atomic mass is 10.1. The third kappa shape index (κ3) is 7.55. The van der Waals surface area contributed by atoms with E-state index in [0.717, 1.165) is 67.1 Å². The highest BCUT2D eigenvalue weighted by atomic mass is 79.9.